The summed E-state index contributed by atoms with van der Waals surface area (Å²) in [5, 5.41) is 5.77. The first kappa shape index (κ1) is 20.7. The fraction of sp³-hybridized carbons (Fsp3) is 0.438. The quantitative estimate of drug-likeness (QED) is 0.739. The summed E-state index contributed by atoms with van der Waals surface area (Å²) in [7, 11) is 0. The highest BCUT2D eigenvalue weighted by molar-refractivity contribution is 5.78. The van der Waals surface area contributed by atoms with E-state index >= 15 is 0 Å². The van der Waals surface area contributed by atoms with Crippen LogP contribution in [0.1, 0.15) is 31.2 Å². The maximum atomic E-state index is 12.4. The second-order valence-electron chi connectivity index (χ2n) is 5.89. The van der Waals surface area contributed by atoms with Gasteiger partial charge in [0.15, 0.2) is 0 Å². The molecular formula is C16H15F6N3O2. The van der Waals surface area contributed by atoms with Crippen LogP contribution in [0.4, 0.5) is 26.3 Å². The van der Waals surface area contributed by atoms with Gasteiger partial charge < -0.3 is 9.84 Å². The Kier molecular flexibility index (Phi) is 6.11. The average molecular weight is 395 g/mol. The van der Waals surface area contributed by atoms with Gasteiger partial charge in [-0.05, 0) is 12.0 Å². The molecule has 2 aromatic rings. The fourth-order valence-corrected chi connectivity index (χ4v) is 2.10. The first-order valence-corrected chi connectivity index (χ1v) is 7.80. The highest BCUT2D eigenvalue weighted by atomic mass is 19.4. The van der Waals surface area contributed by atoms with Crippen molar-refractivity contribution in [2.75, 3.05) is 0 Å². The van der Waals surface area contributed by atoms with Gasteiger partial charge >= 0.3 is 18.2 Å². The molecule has 0 spiro atoms. The molecule has 11 heteroatoms. The van der Waals surface area contributed by atoms with Gasteiger partial charge in [0, 0.05) is 24.4 Å². The number of aromatic nitrogens is 2. The number of rotatable bonds is 6. The van der Waals surface area contributed by atoms with Gasteiger partial charge in [0.2, 0.25) is 11.7 Å². The van der Waals surface area contributed by atoms with Crippen molar-refractivity contribution < 1.29 is 35.7 Å². The van der Waals surface area contributed by atoms with Crippen LogP contribution in [0, 0.1) is 5.92 Å². The van der Waals surface area contributed by atoms with Crippen molar-refractivity contribution >= 4 is 5.91 Å². The fourth-order valence-electron chi connectivity index (χ4n) is 2.10. The van der Waals surface area contributed by atoms with E-state index in [-0.39, 0.29) is 24.4 Å². The molecule has 0 radical (unpaired) electrons. The number of hydrogen-bond acceptors (Lipinski definition) is 4. The molecule has 148 valence electrons. The molecule has 1 heterocycles. The average Bonchev–Trinajstić information content (AvgIpc) is 3.07. The van der Waals surface area contributed by atoms with E-state index in [0.717, 1.165) is 0 Å². The monoisotopic (exact) mass is 395 g/mol. The summed E-state index contributed by atoms with van der Waals surface area (Å²) >= 11 is 0. The molecule has 27 heavy (non-hydrogen) atoms. The van der Waals surface area contributed by atoms with Crippen LogP contribution in [0.3, 0.4) is 0 Å². The summed E-state index contributed by atoms with van der Waals surface area (Å²) in [5.74, 6) is -3.01. The molecule has 1 aromatic heterocycles. The molecule has 2 rings (SSSR count). The molecule has 0 aliphatic carbocycles. The van der Waals surface area contributed by atoms with Crippen LogP contribution >= 0.6 is 0 Å². The van der Waals surface area contributed by atoms with Gasteiger partial charge in [0.25, 0.3) is 0 Å². The zero-order chi connectivity index (χ0) is 20.2. The molecule has 1 N–H and O–H groups in total. The van der Waals surface area contributed by atoms with Crippen LogP contribution in [0.2, 0.25) is 0 Å². The highest BCUT2D eigenvalue weighted by Gasteiger charge is 2.38. The van der Waals surface area contributed by atoms with Gasteiger partial charge in [0.1, 0.15) is 0 Å². The SMILES string of the molecule is CC(CCC(F)(F)F)C(=O)NCc1ccc(-c2noc(C(F)(F)F)n2)cc1. The van der Waals surface area contributed by atoms with E-state index in [4.69, 9.17) is 0 Å². The third-order valence-corrected chi connectivity index (χ3v) is 3.66. The summed E-state index contributed by atoms with van der Waals surface area (Å²) in [6.07, 6.45) is -10.4. The predicted octanol–water partition coefficient (Wildman–Crippen LogP) is 4.35. The number of benzene rings is 1. The maximum absolute atomic E-state index is 12.4. The molecule has 1 atom stereocenters. The molecule has 0 saturated carbocycles. The van der Waals surface area contributed by atoms with Crippen molar-refractivity contribution in [2.24, 2.45) is 5.92 Å². The van der Waals surface area contributed by atoms with E-state index in [1.807, 2.05) is 0 Å². The lowest BCUT2D eigenvalue weighted by Crippen LogP contribution is -2.29. The molecular weight excluding hydrogens is 380 g/mol. The van der Waals surface area contributed by atoms with E-state index < -0.39 is 36.5 Å². The number of nitrogens with zero attached hydrogens (tertiary/aromatic N) is 2. The lowest BCUT2D eigenvalue weighted by Gasteiger charge is -2.13. The lowest BCUT2D eigenvalue weighted by atomic mass is 10.0. The Labute approximate surface area is 149 Å². The van der Waals surface area contributed by atoms with E-state index in [0.29, 0.717) is 5.56 Å². The van der Waals surface area contributed by atoms with Crippen molar-refractivity contribution in [3.63, 3.8) is 0 Å². The predicted molar refractivity (Wildman–Crippen MR) is 81.0 cm³/mol. The highest BCUT2D eigenvalue weighted by Crippen LogP contribution is 2.29. The Hall–Kier alpha value is -2.59. The number of nitrogens with one attached hydrogen (secondary N) is 1. The number of carbonyl (C=O) groups excluding carboxylic acids is 1. The molecule has 0 bridgehead atoms. The van der Waals surface area contributed by atoms with E-state index in [9.17, 15) is 31.1 Å². The molecule has 0 aliphatic rings. The lowest BCUT2D eigenvalue weighted by molar-refractivity contribution is -0.159. The standard InChI is InChI=1S/C16H15F6N3O2/c1-9(6-7-15(17,18)19)13(26)23-8-10-2-4-11(5-3-10)12-24-14(27-25-12)16(20,21)22/h2-5,9H,6-8H2,1H3,(H,23,26). The minimum Gasteiger partial charge on any atom is -0.352 e. The largest absolute Gasteiger partial charge is 0.471 e. The summed E-state index contributed by atoms with van der Waals surface area (Å²) in [6, 6.07) is 5.94. The van der Waals surface area contributed by atoms with Crippen molar-refractivity contribution in [3.8, 4) is 11.4 Å². The van der Waals surface area contributed by atoms with Crippen LogP contribution < -0.4 is 5.32 Å². The van der Waals surface area contributed by atoms with Crippen molar-refractivity contribution in [1.29, 1.82) is 0 Å². The van der Waals surface area contributed by atoms with Crippen LogP contribution in [0.25, 0.3) is 11.4 Å². The Bertz CT molecular complexity index is 768. The van der Waals surface area contributed by atoms with Crippen LogP contribution in [-0.4, -0.2) is 22.2 Å². The maximum Gasteiger partial charge on any atom is 0.471 e. The minimum absolute atomic E-state index is 0.0650. The third kappa shape index (κ3) is 6.26. The number of carbonyl (C=O) groups is 1. The van der Waals surface area contributed by atoms with E-state index in [1.54, 1.807) is 0 Å². The topological polar surface area (TPSA) is 68.0 Å². The van der Waals surface area contributed by atoms with E-state index in [1.165, 1.54) is 31.2 Å². The van der Waals surface area contributed by atoms with Crippen LogP contribution in [0.5, 0.6) is 0 Å². The van der Waals surface area contributed by atoms with E-state index in [2.05, 4.69) is 20.0 Å². The van der Waals surface area contributed by atoms with Gasteiger partial charge in [-0.1, -0.05) is 36.3 Å². The molecule has 0 saturated heterocycles. The Balaban J connectivity index is 1.90. The van der Waals surface area contributed by atoms with Crippen molar-refractivity contribution in [3.05, 3.63) is 35.7 Å². The number of hydrogen-bond donors (Lipinski definition) is 1. The number of halogens is 6. The number of amides is 1. The smallest absolute Gasteiger partial charge is 0.352 e. The second kappa shape index (κ2) is 7.97. The minimum atomic E-state index is -4.74. The molecule has 1 unspecified atom stereocenters. The van der Waals surface area contributed by atoms with Crippen LogP contribution in [0.15, 0.2) is 28.8 Å². The Morgan fingerprint density at radius 1 is 1.15 bits per heavy atom. The van der Waals surface area contributed by atoms with Crippen LogP contribution in [-0.2, 0) is 17.5 Å². The molecule has 0 aliphatic heterocycles. The summed E-state index contributed by atoms with van der Waals surface area (Å²) in [4.78, 5) is 15.1. The summed E-state index contributed by atoms with van der Waals surface area (Å²) < 4.78 is 78.0. The first-order valence-electron chi connectivity index (χ1n) is 7.80. The first-order chi connectivity index (χ1) is 12.5. The van der Waals surface area contributed by atoms with Gasteiger partial charge in [-0.15, -0.1) is 0 Å². The van der Waals surface area contributed by atoms with Crippen molar-refractivity contribution in [1.82, 2.24) is 15.5 Å². The zero-order valence-electron chi connectivity index (χ0n) is 14.0. The molecule has 5 nitrogen and oxygen atoms in total. The zero-order valence-corrected chi connectivity index (χ0v) is 14.0. The summed E-state index contributed by atoms with van der Waals surface area (Å²) in [6.45, 7) is 1.47. The van der Waals surface area contributed by atoms with Gasteiger partial charge in [-0.2, -0.15) is 31.3 Å². The number of alkyl halides is 6. The summed E-state index contributed by atoms with van der Waals surface area (Å²) in [5.41, 5.74) is 0.887. The van der Waals surface area contributed by atoms with Crippen molar-refractivity contribution in [2.45, 2.75) is 38.7 Å². The van der Waals surface area contributed by atoms with Gasteiger partial charge in [-0.25, -0.2) is 0 Å². The van der Waals surface area contributed by atoms with Gasteiger partial charge in [0.05, 0.1) is 0 Å². The Morgan fingerprint density at radius 2 is 1.78 bits per heavy atom. The van der Waals surface area contributed by atoms with Gasteiger partial charge in [-0.3, -0.25) is 4.79 Å². The second-order valence-corrected chi connectivity index (χ2v) is 5.89. The molecule has 1 amide bonds. The normalized spacial score (nSPS) is 13.4. The molecule has 1 aromatic carbocycles. The Morgan fingerprint density at radius 3 is 2.30 bits per heavy atom. The molecule has 0 fully saturated rings. The third-order valence-electron chi connectivity index (χ3n) is 3.66.